The Hall–Kier alpha value is -2.74. The molecule has 2 heteroatoms. The molecule has 0 spiro atoms. The molecular formula is C19H16N2. The van der Waals surface area contributed by atoms with E-state index in [1.54, 1.807) is 0 Å². The van der Waals surface area contributed by atoms with Crippen LogP contribution in [0.1, 0.15) is 5.56 Å². The van der Waals surface area contributed by atoms with Gasteiger partial charge in [-0.1, -0.05) is 42.5 Å². The van der Waals surface area contributed by atoms with E-state index in [-0.39, 0.29) is 0 Å². The standard InChI is InChI=1S/C19H16N2/c1-2-4-17-12-18(8-7-15(17)3-1)21-13-14-5-6-16-9-10-20-19(16)11-14/h1-12,20-21H,13H2. The molecule has 0 unspecified atom stereocenters. The molecule has 0 amide bonds. The largest absolute Gasteiger partial charge is 0.381 e. The molecule has 0 radical (unpaired) electrons. The highest BCUT2D eigenvalue weighted by Crippen LogP contribution is 2.20. The quantitative estimate of drug-likeness (QED) is 0.543. The minimum absolute atomic E-state index is 0.827. The Morgan fingerprint density at radius 3 is 2.57 bits per heavy atom. The molecule has 0 aliphatic heterocycles. The molecule has 1 heterocycles. The van der Waals surface area contributed by atoms with Crippen molar-refractivity contribution in [2.24, 2.45) is 0 Å². The molecule has 0 saturated heterocycles. The molecule has 4 aromatic rings. The van der Waals surface area contributed by atoms with E-state index in [0.717, 1.165) is 12.2 Å². The third-order valence-corrected chi connectivity index (χ3v) is 3.87. The van der Waals surface area contributed by atoms with Gasteiger partial charge in [0, 0.05) is 23.9 Å². The van der Waals surface area contributed by atoms with E-state index < -0.39 is 0 Å². The summed E-state index contributed by atoms with van der Waals surface area (Å²) in [6.07, 6.45) is 1.98. The van der Waals surface area contributed by atoms with E-state index in [4.69, 9.17) is 0 Å². The Morgan fingerprint density at radius 1 is 0.762 bits per heavy atom. The van der Waals surface area contributed by atoms with Crippen molar-refractivity contribution in [3.63, 3.8) is 0 Å². The molecule has 0 atom stereocenters. The van der Waals surface area contributed by atoms with Crippen molar-refractivity contribution in [3.8, 4) is 0 Å². The number of anilines is 1. The Bertz CT molecular complexity index is 905. The normalized spacial score (nSPS) is 11.0. The molecule has 2 nitrogen and oxygen atoms in total. The first-order valence-electron chi connectivity index (χ1n) is 7.17. The van der Waals surface area contributed by atoms with E-state index in [1.807, 2.05) is 6.20 Å². The first-order valence-corrected chi connectivity index (χ1v) is 7.17. The van der Waals surface area contributed by atoms with Gasteiger partial charge >= 0.3 is 0 Å². The van der Waals surface area contributed by atoms with E-state index in [0.29, 0.717) is 0 Å². The summed E-state index contributed by atoms with van der Waals surface area (Å²) in [6.45, 7) is 0.827. The number of aromatic amines is 1. The van der Waals surface area contributed by atoms with Gasteiger partial charge in [-0.25, -0.2) is 0 Å². The molecule has 3 aromatic carbocycles. The number of rotatable bonds is 3. The second-order valence-corrected chi connectivity index (χ2v) is 5.31. The average molecular weight is 272 g/mol. The molecular weight excluding hydrogens is 256 g/mol. The fourth-order valence-corrected chi connectivity index (χ4v) is 2.71. The van der Waals surface area contributed by atoms with Crippen LogP contribution in [0.4, 0.5) is 5.69 Å². The summed E-state index contributed by atoms with van der Waals surface area (Å²) in [4.78, 5) is 3.25. The second-order valence-electron chi connectivity index (χ2n) is 5.31. The molecule has 0 bridgehead atoms. The first-order chi connectivity index (χ1) is 10.4. The van der Waals surface area contributed by atoms with Crippen molar-refractivity contribution >= 4 is 27.4 Å². The van der Waals surface area contributed by atoms with Gasteiger partial charge in [-0.15, -0.1) is 0 Å². The maximum Gasteiger partial charge on any atom is 0.0457 e. The number of aromatic nitrogens is 1. The van der Waals surface area contributed by atoms with Crippen molar-refractivity contribution in [3.05, 3.63) is 78.5 Å². The third-order valence-electron chi connectivity index (χ3n) is 3.87. The van der Waals surface area contributed by atoms with Crippen LogP contribution in [0, 0.1) is 0 Å². The molecule has 4 rings (SSSR count). The fourth-order valence-electron chi connectivity index (χ4n) is 2.71. The fraction of sp³-hybridized carbons (Fsp3) is 0.0526. The van der Waals surface area contributed by atoms with Gasteiger partial charge in [0.25, 0.3) is 0 Å². The van der Waals surface area contributed by atoms with Gasteiger partial charge in [0.05, 0.1) is 0 Å². The van der Waals surface area contributed by atoms with Crippen LogP contribution >= 0.6 is 0 Å². The second kappa shape index (κ2) is 4.98. The lowest BCUT2D eigenvalue weighted by molar-refractivity contribution is 1.15. The zero-order valence-electron chi connectivity index (χ0n) is 11.6. The smallest absolute Gasteiger partial charge is 0.0457 e. The van der Waals surface area contributed by atoms with Crippen molar-refractivity contribution in [2.75, 3.05) is 5.32 Å². The van der Waals surface area contributed by atoms with E-state index in [2.05, 4.69) is 77.0 Å². The van der Waals surface area contributed by atoms with Crippen molar-refractivity contribution < 1.29 is 0 Å². The summed E-state index contributed by atoms with van der Waals surface area (Å²) >= 11 is 0. The Labute approximate surface area is 123 Å². The van der Waals surface area contributed by atoms with Crippen LogP contribution in [-0.4, -0.2) is 4.98 Å². The number of hydrogen-bond acceptors (Lipinski definition) is 1. The van der Waals surface area contributed by atoms with Crippen molar-refractivity contribution in [1.82, 2.24) is 4.98 Å². The van der Waals surface area contributed by atoms with Crippen molar-refractivity contribution in [2.45, 2.75) is 6.54 Å². The lowest BCUT2D eigenvalue weighted by atomic mass is 10.1. The maximum atomic E-state index is 3.50. The number of hydrogen-bond donors (Lipinski definition) is 2. The highest BCUT2D eigenvalue weighted by Gasteiger charge is 1.99. The summed E-state index contributed by atoms with van der Waals surface area (Å²) in [6, 6.07) is 23.5. The maximum absolute atomic E-state index is 3.50. The lowest BCUT2D eigenvalue weighted by Gasteiger charge is -2.08. The Kier molecular flexibility index (Phi) is 2.86. The summed E-state index contributed by atoms with van der Waals surface area (Å²) in [5.74, 6) is 0. The lowest BCUT2D eigenvalue weighted by Crippen LogP contribution is -1.99. The Morgan fingerprint density at radius 2 is 1.62 bits per heavy atom. The van der Waals surface area contributed by atoms with Gasteiger partial charge in [0.2, 0.25) is 0 Å². The van der Waals surface area contributed by atoms with Gasteiger partial charge in [0.1, 0.15) is 0 Å². The highest BCUT2D eigenvalue weighted by molar-refractivity contribution is 5.85. The third kappa shape index (κ3) is 2.36. The SMILES string of the molecule is c1ccc2cc(NCc3ccc4cc[nH]c4c3)ccc2c1. The molecule has 0 fully saturated rings. The van der Waals surface area contributed by atoms with Gasteiger partial charge in [-0.05, 0) is 46.0 Å². The highest BCUT2D eigenvalue weighted by atomic mass is 14.9. The molecule has 1 aromatic heterocycles. The first kappa shape index (κ1) is 12.0. The van der Waals surface area contributed by atoms with Crippen LogP contribution in [0.15, 0.2) is 72.9 Å². The van der Waals surface area contributed by atoms with Gasteiger partial charge < -0.3 is 10.3 Å². The van der Waals surface area contributed by atoms with Gasteiger partial charge in [-0.3, -0.25) is 0 Å². The summed E-state index contributed by atoms with van der Waals surface area (Å²) in [5, 5.41) is 7.29. The average Bonchev–Trinajstić information content (AvgIpc) is 3.00. The molecule has 0 saturated carbocycles. The molecule has 102 valence electrons. The van der Waals surface area contributed by atoms with Crippen LogP contribution in [0.2, 0.25) is 0 Å². The molecule has 0 aliphatic rings. The topological polar surface area (TPSA) is 27.8 Å². The van der Waals surface area contributed by atoms with Crippen LogP contribution < -0.4 is 5.32 Å². The van der Waals surface area contributed by atoms with Crippen LogP contribution in [0.25, 0.3) is 21.7 Å². The summed E-state index contributed by atoms with van der Waals surface area (Å²) in [7, 11) is 0. The molecule has 21 heavy (non-hydrogen) atoms. The molecule has 2 N–H and O–H groups in total. The van der Waals surface area contributed by atoms with Crippen molar-refractivity contribution in [1.29, 1.82) is 0 Å². The zero-order chi connectivity index (χ0) is 14.1. The van der Waals surface area contributed by atoms with Gasteiger partial charge in [-0.2, -0.15) is 0 Å². The zero-order valence-corrected chi connectivity index (χ0v) is 11.6. The predicted octanol–water partition coefficient (Wildman–Crippen LogP) is 4.93. The minimum atomic E-state index is 0.827. The number of nitrogens with one attached hydrogen (secondary N) is 2. The van der Waals surface area contributed by atoms with E-state index in [1.165, 1.54) is 27.2 Å². The van der Waals surface area contributed by atoms with E-state index >= 15 is 0 Å². The molecule has 0 aliphatic carbocycles. The predicted molar refractivity (Wildman–Crippen MR) is 89.6 cm³/mol. The summed E-state index contributed by atoms with van der Waals surface area (Å²) in [5.41, 5.74) is 3.62. The number of fused-ring (bicyclic) bond motifs is 2. The monoisotopic (exact) mass is 272 g/mol. The van der Waals surface area contributed by atoms with E-state index in [9.17, 15) is 0 Å². The van der Waals surface area contributed by atoms with Crippen LogP contribution in [0.5, 0.6) is 0 Å². The number of H-pyrrole nitrogens is 1. The van der Waals surface area contributed by atoms with Gasteiger partial charge in [0.15, 0.2) is 0 Å². The minimum Gasteiger partial charge on any atom is -0.381 e. The van der Waals surface area contributed by atoms with Crippen LogP contribution in [-0.2, 0) is 6.54 Å². The van der Waals surface area contributed by atoms with Crippen LogP contribution in [0.3, 0.4) is 0 Å². The Balaban J connectivity index is 1.56. The summed E-state index contributed by atoms with van der Waals surface area (Å²) < 4.78 is 0. The number of benzene rings is 3.